The number of carbonyl (C=O) groups excluding carboxylic acids is 2. The Hall–Kier alpha value is -2.11. The van der Waals surface area contributed by atoms with Gasteiger partial charge in [0.2, 0.25) is 5.91 Å². The SMILES string of the molecule is CN1C[C@H](NC(=O)N[C@@H]2CCc3ccc(F)cc32)CCC1=O. The molecule has 1 saturated heterocycles. The molecule has 0 spiro atoms. The third-order valence-corrected chi connectivity index (χ3v) is 4.45. The normalized spacial score (nSPS) is 24.1. The Morgan fingerprint density at radius 1 is 1.27 bits per heavy atom. The Labute approximate surface area is 128 Å². The highest BCUT2D eigenvalue weighted by Gasteiger charge is 2.27. The van der Waals surface area contributed by atoms with Gasteiger partial charge >= 0.3 is 6.03 Å². The fourth-order valence-electron chi connectivity index (χ4n) is 3.24. The van der Waals surface area contributed by atoms with Gasteiger partial charge in [-0.2, -0.15) is 0 Å². The zero-order chi connectivity index (χ0) is 15.7. The standard InChI is InChI=1S/C16H20FN3O2/c1-20-9-12(5-7-15(20)21)18-16(22)19-14-6-3-10-2-4-11(17)8-13(10)14/h2,4,8,12,14H,3,5-7,9H2,1H3,(H2,18,19,22)/t12-,14-/m1/s1. The van der Waals surface area contributed by atoms with E-state index < -0.39 is 0 Å². The molecule has 22 heavy (non-hydrogen) atoms. The first kappa shape index (κ1) is 14.8. The van der Waals surface area contributed by atoms with Crippen molar-refractivity contribution in [3.63, 3.8) is 0 Å². The summed E-state index contributed by atoms with van der Waals surface area (Å²) in [6.45, 7) is 0.530. The van der Waals surface area contributed by atoms with Crippen molar-refractivity contribution in [2.45, 2.75) is 37.8 Å². The minimum Gasteiger partial charge on any atom is -0.344 e. The highest BCUT2D eigenvalue weighted by Crippen LogP contribution is 2.31. The number of fused-ring (bicyclic) bond motifs is 1. The van der Waals surface area contributed by atoms with Crippen LogP contribution in [0, 0.1) is 5.82 Å². The first-order valence-corrected chi connectivity index (χ1v) is 7.62. The molecular weight excluding hydrogens is 285 g/mol. The van der Waals surface area contributed by atoms with Crippen LogP contribution in [0.15, 0.2) is 18.2 Å². The molecule has 1 aliphatic heterocycles. The number of piperidine rings is 1. The second-order valence-electron chi connectivity index (χ2n) is 6.06. The number of hydrogen-bond acceptors (Lipinski definition) is 2. The molecule has 1 aliphatic carbocycles. The molecule has 0 unspecified atom stereocenters. The summed E-state index contributed by atoms with van der Waals surface area (Å²) in [7, 11) is 1.74. The van der Waals surface area contributed by atoms with Crippen LogP contribution in [0.25, 0.3) is 0 Å². The van der Waals surface area contributed by atoms with E-state index in [2.05, 4.69) is 10.6 Å². The van der Waals surface area contributed by atoms with Crippen LogP contribution in [0.4, 0.5) is 9.18 Å². The van der Waals surface area contributed by atoms with Crippen molar-refractivity contribution in [2.24, 2.45) is 0 Å². The van der Waals surface area contributed by atoms with Crippen molar-refractivity contribution in [3.8, 4) is 0 Å². The Bertz CT molecular complexity index is 605. The number of amides is 3. The van der Waals surface area contributed by atoms with E-state index in [-0.39, 0.29) is 29.8 Å². The van der Waals surface area contributed by atoms with Crippen LogP contribution < -0.4 is 10.6 Å². The molecule has 1 aromatic carbocycles. The van der Waals surface area contributed by atoms with Gasteiger partial charge in [0.1, 0.15) is 5.82 Å². The molecule has 0 bridgehead atoms. The predicted octanol–water partition coefficient (Wildman–Crippen LogP) is 1.73. The van der Waals surface area contributed by atoms with E-state index in [1.165, 1.54) is 12.1 Å². The predicted molar refractivity (Wildman–Crippen MR) is 79.8 cm³/mol. The molecule has 5 nitrogen and oxygen atoms in total. The molecule has 1 aromatic rings. The second-order valence-corrected chi connectivity index (χ2v) is 6.06. The van der Waals surface area contributed by atoms with Crippen LogP contribution in [0.5, 0.6) is 0 Å². The first-order valence-electron chi connectivity index (χ1n) is 7.62. The third kappa shape index (κ3) is 3.05. The van der Waals surface area contributed by atoms with Gasteiger partial charge in [0.05, 0.1) is 6.04 Å². The average molecular weight is 305 g/mol. The summed E-state index contributed by atoms with van der Waals surface area (Å²) in [5.74, 6) is -0.168. The van der Waals surface area contributed by atoms with Gasteiger partial charge in [-0.25, -0.2) is 9.18 Å². The number of aryl methyl sites for hydroxylation is 1. The van der Waals surface area contributed by atoms with Gasteiger partial charge < -0.3 is 15.5 Å². The third-order valence-electron chi connectivity index (χ3n) is 4.45. The average Bonchev–Trinajstić information content (AvgIpc) is 2.85. The van der Waals surface area contributed by atoms with Crippen molar-refractivity contribution < 1.29 is 14.0 Å². The number of rotatable bonds is 2. The first-order chi connectivity index (χ1) is 10.5. The van der Waals surface area contributed by atoms with Gasteiger partial charge in [-0.15, -0.1) is 0 Å². The topological polar surface area (TPSA) is 61.4 Å². The maximum Gasteiger partial charge on any atom is 0.315 e. The van der Waals surface area contributed by atoms with E-state index in [4.69, 9.17) is 0 Å². The molecule has 2 aliphatic rings. The van der Waals surface area contributed by atoms with E-state index in [0.29, 0.717) is 19.4 Å². The summed E-state index contributed by atoms with van der Waals surface area (Å²) in [5, 5.41) is 5.82. The monoisotopic (exact) mass is 305 g/mol. The zero-order valence-corrected chi connectivity index (χ0v) is 12.6. The maximum absolute atomic E-state index is 13.4. The number of nitrogens with one attached hydrogen (secondary N) is 2. The number of urea groups is 1. The summed E-state index contributed by atoms with van der Waals surface area (Å²) in [6.07, 6.45) is 2.75. The Morgan fingerprint density at radius 2 is 2.09 bits per heavy atom. The fourth-order valence-corrected chi connectivity index (χ4v) is 3.24. The maximum atomic E-state index is 13.4. The highest BCUT2D eigenvalue weighted by atomic mass is 19.1. The number of benzene rings is 1. The lowest BCUT2D eigenvalue weighted by Gasteiger charge is -2.30. The second kappa shape index (κ2) is 5.94. The van der Waals surface area contributed by atoms with E-state index in [0.717, 1.165) is 24.0 Å². The molecule has 1 fully saturated rings. The van der Waals surface area contributed by atoms with Gasteiger partial charge in [0.25, 0.3) is 0 Å². The van der Waals surface area contributed by atoms with Gasteiger partial charge in [-0.3, -0.25) is 4.79 Å². The molecular formula is C16H20FN3O2. The summed E-state index contributed by atoms with van der Waals surface area (Å²) in [4.78, 5) is 25.2. The van der Waals surface area contributed by atoms with Crippen LogP contribution in [-0.4, -0.2) is 36.5 Å². The number of carbonyl (C=O) groups is 2. The van der Waals surface area contributed by atoms with Crippen LogP contribution in [0.1, 0.15) is 36.4 Å². The van der Waals surface area contributed by atoms with Crippen molar-refractivity contribution in [1.29, 1.82) is 0 Å². The Morgan fingerprint density at radius 3 is 2.86 bits per heavy atom. The van der Waals surface area contributed by atoms with Gasteiger partial charge in [-0.1, -0.05) is 6.07 Å². The number of nitrogens with zero attached hydrogens (tertiary/aromatic N) is 1. The van der Waals surface area contributed by atoms with Crippen molar-refractivity contribution in [3.05, 3.63) is 35.1 Å². The minimum atomic E-state index is -0.278. The lowest BCUT2D eigenvalue weighted by atomic mass is 10.1. The Balaban J connectivity index is 1.57. The summed E-state index contributed by atoms with van der Waals surface area (Å²) in [5.41, 5.74) is 1.96. The van der Waals surface area contributed by atoms with Crippen LogP contribution >= 0.6 is 0 Å². The van der Waals surface area contributed by atoms with E-state index in [9.17, 15) is 14.0 Å². The van der Waals surface area contributed by atoms with E-state index in [1.54, 1.807) is 18.0 Å². The molecule has 2 atom stereocenters. The zero-order valence-electron chi connectivity index (χ0n) is 12.6. The summed E-state index contributed by atoms with van der Waals surface area (Å²) >= 11 is 0. The molecule has 3 amide bonds. The van der Waals surface area contributed by atoms with E-state index >= 15 is 0 Å². The van der Waals surface area contributed by atoms with Crippen LogP contribution in [0.3, 0.4) is 0 Å². The van der Waals surface area contributed by atoms with Gasteiger partial charge in [0, 0.05) is 26.1 Å². The minimum absolute atomic E-state index is 0.0314. The quantitative estimate of drug-likeness (QED) is 0.874. The largest absolute Gasteiger partial charge is 0.344 e. The highest BCUT2D eigenvalue weighted by molar-refractivity contribution is 5.78. The van der Waals surface area contributed by atoms with Crippen molar-refractivity contribution in [1.82, 2.24) is 15.5 Å². The van der Waals surface area contributed by atoms with Gasteiger partial charge in [-0.05, 0) is 42.5 Å². The summed E-state index contributed by atoms with van der Waals surface area (Å²) < 4.78 is 13.4. The van der Waals surface area contributed by atoms with Crippen LogP contribution in [-0.2, 0) is 11.2 Å². The number of hydrogen-bond donors (Lipinski definition) is 2. The fraction of sp³-hybridized carbons (Fsp3) is 0.500. The summed E-state index contributed by atoms with van der Waals surface area (Å²) in [6, 6.07) is 4.31. The molecule has 2 N–H and O–H groups in total. The molecule has 6 heteroatoms. The lowest BCUT2D eigenvalue weighted by molar-refractivity contribution is -0.132. The number of likely N-dealkylation sites (N-methyl/N-ethyl adjacent to an activating group) is 1. The molecule has 0 aromatic heterocycles. The number of likely N-dealkylation sites (tertiary alicyclic amines) is 1. The lowest BCUT2D eigenvalue weighted by Crippen LogP contribution is -2.51. The molecule has 0 radical (unpaired) electrons. The smallest absolute Gasteiger partial charge is 0.315 e. The number of halogens is 1. The molecule has 3 rings (SSSR count). The van der Waals surface area contributed by atoms with Crippen molar-refractivity contribution >= 4 is 11.9 Å². The van der Waals surface area contributed by atoms with Gasteiger partial charge in [0.15, 0.2) is 0 Å². The molecule has 1 heterocycles. The molecule has 0 saturated carbocycles. The van der Waals surface area contributed by atoms with Crippen LogP contribution in [0.2, 0.25) is 0 Å². The molecule has 118 valence electrons. The van der Waals surface area contributed by atoms with Crippen molar-refractivity contribution in [2.75, 3.05) is 13.6 Å². The Kier molecular flexibility index (Phi) is 4.00. The van der Waals surface area contributed by atoms with E-state index in [1.807, 2.05) is 0 Å².